The van der Waals surface area contributed by atoms with Gasteiger partial charge in [-0.05, 0) is 19.8 Å². The monoisotopic (exact) mass is 182 g/mol. The highest BCUT2D eigenvalue weighted by atomic mass is 16.1. The van der Waals surface area contributed by atoms with Crippen molar-refractivity contribution < 1.29 is 0 Å². The second kappa shape index (κ2) is 4.30. The molecule has 1 heterocycles. The molecule has 0 aliphatic carbocycles. The third-order valence-electron chi connectivity index (χ3n) is 2.34. The predicted molar refractivity (Wildman–Crippen MR) is 54.1 cm³/mol. The molecule has 13 heavy (non-hydrogen) atoms. The van der Waals surface area contributed by atoms with Gasteiger partial charge >= 0.3 is 0 Å². The van der Waals surface area contributed by atoms with Gasteiger partial charge in [-0.3, -0.25) is 14.6 Å². The average Bonchev–Trinajstić information content (AvgIpc) is 2.44. The van der Waals surface area contributed by atoms with Gasteiger partial charge < -0.3 is 0 Å². The lowest BCUT2D eigenvalue weighted by molar-refractivity contribution is 0.619. The summed E-state index contributed by atoms with van der Waals surface area (Å²) in [4.78, 5) is 11.5. The van der Waals surface area contributed by atoms with Gasteiger partial charge in [0.25, 0.3) is 5.56 Å². The van der Waals surface area contributed by atoms with Gasteiger partial charge in [-0.1, -0.05) is 20.3 Å². The summed E-state index contributed by atoms with van der Waals surface area (Å²) in [7, 11) is 0. The standard InChI is InChI=1S/C10H18N2O/c1-4-7-8-9(5-2)12(6-3)11-10(8)13/h4-7H2,1-3H3,(H,11,13). The maximum atomic E-state index is 11.5. The van der Waals surface area contributed by atoms with Gasteiger partial charge in [0.05, 0.1) is 0 Å². The number of hydrogen-bond acceptors (Lipinski definition) is 1. The van der Waals surface area contributed by atoms with Crippen molar-refractivity contribution in [1.29, 1.82) is 0 Å². The zero-order valence-corrected chi connectivity index (χ0v) is 8.68. The number of H-pyrrole nitrogens is 1. The first-order chi connectivity index (χ1) is 6.24. The lowest BCUT2D eigenvalue weighted by Gasteiger charge is -2.03. The van der Waals surface area contributed by atoms with E-state index < -0.39 is 0 Å². The maximum Gasteiger partial charge on any atom is 0.267 e. The number of nitrogens with zero attached hydrogens (tertiary/aromatic N) is 1. The topological polar surface area (TPSA) is 37.8 Å². The Hall–Kier alpha value is -0.990. The van der Waals surface area contributed by atoms with Crippen LogP contribution in [-0.4, -0.2) is 9.78 Å². The summed E-state index contributed by atoms with van der Waals surface area (Å²) in [5, 5.41) is 2.86. The van der Waals surface area contributed by atoms with E-state index in [-0.39, 0.29) is 5.56 Å². The molecular formula is C10H18N2O. The number of aryl methyl sites for hydroxylation is 1. The largest absolute Gasteiger partial charge is 0.289 e. The third-order valence-corrected chi connectivity index (χ3v) is 2.34. The number of rotatable bonds is 4. The molecule has 3 nitrogen and oxygen atoms in total. The number of nitrogens with one attached hydrogen (secondary N) is 1. The second-order valence-electron chi connectivity index (χ2n) is 3.21. The van der Waals surface area contributed by atoms with Crippen molar-refractivity contribution in [2.45, 2.75) is 46.6 Å². The Kier molecular flexibility index (Phi) is 3.34. The Morgan fingerprint density at radius 2 is 2.00 bits per heavy atom. The molecular weight excluding hydrogens is 164 g/mol. The predicted octanol–water partition coefficient (Wildman–Crippen LogP) is 1.71. The molecule has 0 spiro atoms. The van der Waals surface area contributed by atoms with E-state index in [0.717, 1.165) is 31.4 Å². The molecule has 0 saturated heterocycles. The van der Waals surface area contributed by atoms with Gasteiger partial charge in [-0.25, -0.2) is 0 Å². The zero-order chi connectivity index (χ0) is 9.84. The van der Waals surface area contributed by atoms with Gasteiger partial charge in [0, 0.05) is 17.8 Å². The number of aromatic nitrogens is 2. The number of aromatic amines is 1. The van der Waals surface area contributed by atoms with E-state index in [1.807, 2.05) is 11.6 Å². The SMILES string of the molecule is CCCc1c(CC)n(CC)[nH]c1=O. The minimum absolute atomic E-state index is 0.0977. The van der Waals surface area contributed by atoms with Crippen LogP contribution in [0.25, 0.3) is 0 Å². The fraction of sp³-hybridized carbons (Fsp3) is 0.700. The molecule has 0 aliphatic rings. The van der Waals surface area contributed by atoms with Gasteiger partial charge in [0.1, 0.15) is 0 Å². The van der Waals surface area contributed by atoms with Crippen LogP contribution in [0.15, 0.2) is 4.79 Å². The van der Waals surface area contributed by atoms with Gasteiger partial charge in [0.15, 0.2) is 0 Å². The molecule has 0 aromatic carbocycles. The summed E-state index contributed by atoms with van der Waals surface area (Å²) in [5.41, 5.74) is 2.25. The summed E-state index contributed by atoms with van der Waals surface area (Å²) >= 11 is 0. The highest BCUT2D eigenvalue weighted by Crippen LogP contribution is 2.07. The quantitative estimate of drug-likeness (QED) is 0.756. The Labute approximate surface area is 78.8 Å². The Morgan fingerprint density at radius 3 is 2.46 bits per heavy atom. The van der Waals surface area contributed by atoms with E-state index in [1.165, 1.54) is 5.69 Å². The Morgan fingerprint density at radius 1 is 1.31 bits per heavy atom. The molecule has 0 unspecified atom stereocenters. The summed E-state index contributed by atoms with van der Waals surface area (Å²) in [6.07, 6.45) is 2.86. The summed E-state index contributed by atoms with van der Waals surface area (Å²) in [6, 6.07) is 0. The van der Waals surface area contributed by atoms with Crippen molar-refractivity contribution in [2.24, 2.45) is 0 Å². The van der Waals surface area contributed by atoms with Crippen molar-refractivity contribution >= 4 is 0 Å². The smallest absolute Gasteiger partial charge is 0.267 e. The molecule has 0 amide bonds. The Bertz CT molecular complexity index is 322. The average molecular weight is 182 g/mol. The highest BCUT2D eigenvalue weighted by Gasteiger charge is 2.10. The lowest BCUT2D eigenvalue weighted by Crippen LogP contribution is -2.07. The first-order valence-corrected chi connectivity index (χ1v) is 5.05. The molecule has 0 saturated carbocycles. The highest BCUT2D eigenvalue weighted by molar-refractivity contribution is 5.18. The fourth-order valence-electron chi connectivity index (χ4n) is 1.73. The second-order valence-corrected chi connectivity index (χ2v) is 3.21. The van der Waals surface area contributed by atoms with Crippen LogP contribution >= 0.6 is 0 Å². The van der Waals surface area contributed by atoms with Crippen molar-refractivity contribution in [3.05, 3.63) is 21.6 Å². The van der Waals surface area contributed by atoms with Crippen molar-refractivity contribution in [3.8, 4) is 0 Å². The van der Waals surface area contributed by atoms with E-state index in [2.05, 4.69) is 18.9 Å². The van der Waals surface area contributed by atoms with Crippen LogP contribution in [0.3, 0.4) is 0 Å². The molecule has 1 aromatic rings. The van der Waals surface area contributed by atoms with Crippen molar-refractivity contribution in [1.82, 2.24) is 9.78 Å². The van der Waals surface area contributed by atoms with E-state index in [9.17, 15) is 4.79 Å². The van der Waals surface area contributed by atoms with Gasteiger partial charge in [0.2, 0.25) is 0 Å². The van der Waals surface area contributed by atoms with Crippen molar-refractivity contribution in [2.75, 3.05) is 0 Å². The first kappa shape index (κ1) is 10.1. The minimum Gasteiger partial charge on any atom is -0.289 e. The third kappa shape index (κ3) is 1.85. The molecule has 0 bridgehead atoms. The summed E-state index contributed by atoms with van der Waals surface area (Å²) < 4.78 is 1.95. The van der Waals surface area contributed by atoms with Crippen LogP contribution in [-0.2, 0) is 19.4 Å². The molecule has 0 radical (unpaired) electrons. The lowest BCUT2D eigenvalue weighted by atomic mass is 10.1. The van der Waals surface area contributed by atoms with Crippen LogP contribution in [0.4, 0.5) is 0 Å². The van der Waals surface area contributed by atoms with Crippen LogP contribution in [0.2, 0.25) is 0 Å². The Balaban J connectivity index is 3.15. The normalized spacial score (nSPS) is 10.7. The maximum absolute atomic E-state index is 11.5. The van der Waals surface area contributed by atoms with E-state index in [1.54, 1.807) is 0 Å². The molecule has 3 heteroatoms. The van der Waals surface area contributed by atoms with E-state index in [4.69, 9.17) is 0 Å². The molecule has 0 fully saturated rings. The summed E-state index contributed by atoms with van der Waals surface area (Å²) in [5.74, 6) is 0. The van der Waals surface area contributed by atoms with Crippen LogP contribution < -0.4 is 5.56 Å². The fourth-order valence-corrected chi connectivity index (χ4v) is 1.73. The molecule has 1 N–H and O–H groups in total. The van der Waals surface area contributed by atoms with E-state index in [0.29, 0.717) is 0 Å². The minimum atomic E-state index is 0.0977. The molecule has 74 valence electrons. The van der Waals surface area contributed by atoms with Gasteiger partial charge in [-0.15, -0.1) is 0 Å². The molecule has 1 aromatic heterocycles. The molecule has 0 aliphatic heterocycles. The van der Waals surface area contributed by atoms with Crippen LogP contribution in [0, 0.1) is 0 Å². The van der Waals surface area contributed by atoms with Gasteiger partial charge in [-0.2, -0.15) is 0 Å². The van der Waals surface area contributed by atoms with Crippen LogP contribution in [0.5, 0.6) is 0 Å². The summed E-state index contributed by atoms with van der Waals surface area (Å²) in [6.45, 7) is 7.09. The van der Waals surface area contributed by atoms with Crippen LogP contribution in [0.1, 0.15) is 38.4 Å². The zero-order valence-electron chi connectivity index (χ0n) is 8.68. The number of hydrogen-bond donors (Lipinski definition) is 1. The molecule has 0 atom stereocenters. The first-order valence-electron chi connectivity index (χ1n) is 5.05. The molecule has 1 rings (SSSR count). The van der Waals surface area contributed by atoms with E-state index >= 15 is 0 Å². The van der Waals surface area contributed by atoms with Crippen molar-refractivity contribution in [3.63, 3.8) is 0 Å².